The normalized spacial score (nSPS) is 10.5. The molecule has 0 radical (unpaired) electrons. The average molecular weight is 302 g/mol. The van der Waals surface area contributed by atoms with Gasteiger partial charge in [0.2, 0.25) is 0 Å². The molecular weight excluding hydrogens is 282 g/mol. The Kier molecular flexibility index (Phi) is 5.55. The first kappa shape index (κ1) is 14.3. The van der Waals surface area contributed by atoms with Crippen LogP contribution in [0.15, 0.2) is 54.6 Å². The number of benzene rings is 2. The first-order valence-electron chi connectivity index (χ1n) is 7.52. The Balaban J connectivity index is 1.78. The van der Waals surface area contributed by atoms with Crippen molar-refractivity contribution in [2.24, 2.45) is 0 Å². The number of para-hydroxylation sites is 1. The smallest absolute Gasteiger partial charge is 0.407 e. The van der Waals surface area contributed by atoms with Crippen LogP contribution in [-0.4, -0.2) is 25.9 Å². The second-order valence-electron chi connectivity index (χ2n) is 4.32. The Bertz CT molecular complexity index is 604. The molecule has 0 atom stereocenters. The predicted molar refractivity (Wildman–Crippen MR) is 83.5 cm³/mol. The summed E-state index contributed by atoms with van der Waals surface area (Å²) in [6, 6.07) is 16.6. The lowest BCUT2D eigenvalue weighted by Gasteiger charge is -2.09. The molecule has 0 aliphatic heterocycles. The Hall–Kier alpha value is -2.69. The van der Waals surface area contributed by atoms with E-state index in [1.807, 2.05) is 30.3 Å². The Labute approximate surface area is 131 Å². The van der Waals surface area contributed by atoms with Crippen LogP contribution in [0.2, 0.25) is 1.41 Å². The molecule has 0 spiro atoms. The van der Waals surface area contributed by atoms with Gasteiger partial charge in [-0.2, -0.15) is 0 Å². The van der Waals surface area contributed by atoms with E-state index in [9.17, 15) is 4.79 Å². The fraction of sp³-hybridized carbons (Fsp3) is 0.235. The number of ether oxygens (including phenoxy) is 3. The standard InChI is InChI=1S/C17H19NO4/c1-2-20-17(19)18-12-13-21-14-8-10-16(11-9-14)22-15-6-4-3-5-7-15/h3-11H,2,12-13H2,1H3,(H,18,19)/i/hD. The zero-order valence-electron chi connectivity index (χ0n) is 13.4. The van der Waals surface area contributed by atoms with Gasteiger partial charge in [-0.15, -0.1) is 0 Å². The van der Waals surface area contributed by atoms with E-state index >= 15 is 0 Å². The molecule has 0 saturated heterocycles. The summed E-state index contributed by atoms with van der Waals surface area (Å²) in [7, 11) is 0. The largest absolute Gasteiger partial charge is 0.492 e. The Morgan fingerprint density at radius 2 is 1.68 bits per heavy atom. The molecule has 0 fully saturated rings. The highest BCUT2D eigenvalue weighted by atomic mass is 16.5. The third-order valence-electron chi connectivity index (χ3n) is 2.67. The van der Waals surface area contributed by atoms with Gasteiger partial charge in [0.15, 0.2) is 1.41 Å². The second kappa shape index (κ2) is 8.56. The first-order chi connectivity index (χ1) is 11.2. The van der Waals surface area contributed by atoms with Gasteiger partial charge in [0.25, 0.3) is 0 Å². The van der Waals surface area contributed by atoms with Crippen molar-refractivity contribution in [2.45, 2.75) is 6.92 Å². The van der Waals surface area contributed by atoms with E-state index in [2.05, 4.69) is 0 Å². The summed E-state index contributed by atoms with van der Waals surface area (Å²) in [5.74, 6) is 2.11. The van der Waals surface area contributed by atoms with Crippen LogP contribution in [-0.2, 0) is 4.74 Å². The number of carbonyl (C=O) groups is 1. The van der Waals surface area contributed by atoms with E-state index < -0.39 is 6.09 Å². The molecule has 0 aromatic heterocycles. The molecule has 5 nitrogen and oxygen atoms in total. The van der Waals surface area contributed by atoms with E-state index in [0.29, 0.717) is 11.5 Å². The predicted octanol–water partition coefficient (Wildman–Crippen LogP) is 3.60. The zero-order chi connectivity index (χ0) is 16.5. The lowest BCUT2D eigenvalue weighted by atomic mass is 10.3. The molecule has 0 heterocycles. The number of hydrogen-bond donors (Lipinski definition) is 1. The van der Waals surface area contributed by atoms with Gasteiger partial charge in [-0.1, -0.05) is 18.2 Å². The maximum atomic E-state index is 11.2. The molecule has 2 rings (SSSR count). The quantitative estimate of drug-likeness (QED) is 0.849. The molecular formula is C17H19NO4. The highest BCUT2D eigenvalue weighted by Crippen LogP contribution is 2.23. The summed E-state index contributed by atoms with van der Waals surface area (Å²) in [6.45, 7) is 2.28. The van der Waals surface area contributed by atoms with E-state index in [0.717, 1.165) is 11.1 Å². The maximum absolute atomic E-state index is 11.2. The molecule has 5 heteroatoms. The van der Waals surface area contributed by atoms with E-state index in [-0.39, 0.29) is 19.8 Å². The van der Waals surface area contributed by atoms with Crippen molar-refractivity contribution in [3.63, 3.8) is 0 Å². The molecule has 1 amide bonds. The molecule has 0 saturated carbocycles. The van der Waals surface area contributed by atoms with Crippen LogP contribution in [0, 0.1) is 0 Å². The van der Waals surface area contributed by atoms with Crippen LogP contribution in [0.4, 0.5) is 4.79 Å². The average Bonchev–Trinajstić information content (AvgIpc) is 2.57. The van der Waals surface area contributed by atoms with Crippen LogP contribution in [0.5, 0.6) is 17.2 Å². The minimum absolute atomic E-state index is 0.126. The molecule has 116 valence electrons. The van der Waals surface area contributed by atoms with Crippen molar-refractivity contribution in [3.8, 4) is 17.2 Å². The molecule has 2 aromatic rings. The Morgan fingerprint density at radius 1 is 1.05 bits per heavy atom. The number of carbonyl (C=O) groups excluding carboxylic acids is 1. The van der Waals surface area contributed by atoms with Crippen molar-refractivity contribution in [2.75, 3.05) is 19.8 Å². The number of alkyl carbamates (subject to hydrolysis) is 1. The highest BCUT2D eigenvalue weighted by molar-refractivity contribution is 5.66. The van der Waals surface area contributed by atoms with Gasteiger partial charge in [0.05, 0.1) is 13.2 Å². The van der Waals surface area contributed by atoms with E-state index in [1.54, 1.807) is 31.2 Å². The lowest BCUT2D eigenvalue weighted by molar-refractivity contribution is 0.150. The number of hydrogen-bond acceptors (Lipinski definition) is 4. The summed E-state index contributed by atoms with van der Waals surface area (Å²) >= 11 is 0. The maximum Gasteiger partial charge on any atom is 0.407 e. The molecule has 0 aliphatic rings. The summed E-state index contributed by atoms with van der Waals surface area (Å²) in [5.41, 5.74) is 0. The van der Waals surface area contributed by atoms with Gasteiger partial charge in [0, 0.05) is 0 Å². The van der Waals surface area contributed by atoms with Gasteiger partial charge in [0.1, 0.15) is 23.9 Å². The van der Waals surface area contributed by atoms with Crippen molar-refractivity contribution in [3.05, 3.63) is 54.6 Å². The third kappa shape index (κ3) is 5.36. The lowest BCUT2D eigenvalue weighted by Crippen LogP contribution is -2.28. The monoisotopic (exact) mass is 302 g/mol. The van der Waals surface area contributed by atoms with Gasteiger partial charge in [-0.3, -0.25) is 0 Å². The third-order valence-corrected chi connectivity index (χ3v) is 2.67. The van der Waals surface area contributed by atoms with E-state index in [1.165, 1.54) is 0 Å². The number of rotatable bonds is 7. The SMILES string of the molecule is [2H]N(CCOc1ccc(Oc2ccccc2)cc1)C(=O)OCC. The summed E-state index contributed by atoms with van der Waals surface area (Å²) < 4.78 is 23.3. The molecule has 1 N–H and O–H groups in total. The highest BCUT2D eigenvalue weighted by Gasteiger charge is 2.00. The van der Waals surface area contributed by atoms with Crippen molar-refractivity contribution < 1.29 is 20.4 Å². The van der Waals surface area contributed by atoms with Crippen LogP contribution in [0.25, 0.3) is 0 Å². The molecule has 0 aliphatic carbocycles. The minimum Gasteiger partial charge on any atom is -0.492 e. The second-order valence-corrected chi connectivity index (χ2v) is 4.32. The summed E-state index contributed by atoms with van der Waals surface area (Å²) in [4.78, 5) is 11.2. The van der Waals surface area contributed by atoms with Gasteiger partial charge in [-0.05, 0) is 43.3 Å². The van der Waals surface area contributed by atoms with Crippen LogP contribution < -0.4 is 14.8 Å². The van der Waals surface area contributed by atoms with Crippen molar-refractivity contribution in [1.82, 2.24) is 5.31 Å². The minimum atomic E-state index is -0.678. The van der Waals surface area contributed by atoms with Gasteiger partial charge in [-0.25, -0.2) is 4.79 Å². The fourth-order valence-electron chi connectivity index (χ4n) is 1.70. The van der Waals surface area contributed by atoms with Crippen molar-refractivity contribution in [1.29, 1.82) is 0 Å². The summed E-state index contributed by atoms with van der Waals surface area (Å²) in [5, 5.41) is 0.733. The van der Waals surface area contributed by atoms with Crippen LogP contribution in [0.1, 0.15) is 6.92 Å². The number of amides is 1. The number of nitrogens with one attached hydrogen (secondary N) is 1. The van der Waals surface area contributed by atoms with Gasteiger partial charge >= 0.3 is 6.09 Å². The molecule has 22 heavy (non-hydrogen) atoms. The van der Waals surface area contributed by atoms with Crippen LogP contribution in [0.3, 0.4) is 0 Å². The first-order valence-corrected chi connectivity index (χ1v) is 7.08. The molecule has 0 unspecified atom stereocenters. The summed E-state index contributed by atoms with van der Waals surface area (Å²) in [6.07, 6.45) is -0.678. The van der Waals surface area contributed by atoms with E-state index in [4.69, 9.17) is 15.6 Å². The Morgan fingerprint density at radius 3 is 2.36 bits per heavy atom. The molecule has 2 aromatic carbocycles. The molecule has 0 bridgehead atoms. The van der Waals surface area contributed by atoms with Gasteiger partial charge < -0.3 is 19.5 Å². The topological polar surface area (TPSA) is 56.8 Å². The zero-order valence-corrected chi connectivity index (χ0v) is 12.4. The van der Waals surface area contributed by atoms with Crippen LogP contribution >= 0.6 is 0 Å². The fourth-order valence-corrected chi connectivity index (χ4v) is 1.70. The van der Waals surface area contributed by atoms with Crippen molar-refractivity contribution >= 4 is 6.09 Å².